The van der Waals surface area contributed by atoms with E-state index in [2.05, 4.69) is 13.0 Å². The third kappa shape index (κ3) is 4.54. The number of likely N-dealkylation sites (tertiary alicyclic amines) is 1. The first-order valence-electron chi connectivity index (χ1n) is 11.6. The van der Waals surface area contributed by atoms with Crippen LogP contribution >= 0.6 is 11.8 Å². The number of nitrogens with zero attached hydrogens (tertiary/aromatic N) is 1. The molecular weight excluding hydrogens is 435 g/mol. The van der Waals surface area contributed by atoms with E-state index in [9.17, 15) is 14.8 Å². The third-order valence-electron chi connectivity index (χ3n) is 7.42. The number of fused-ring (bicyclic) bond motifs is 2. The lowest BCUT2D eigenvalue weighted by molar-refractivity contribution is -0.134. The number of piperidine rings is 1. The Labute approximate surface area is 200 Å². The number of amides is 1. The van der Waals surface area contributed by atoms with Gasteiger partial charge in [-0.2, -0.15) is 11.8 Å². The van der Waals surface area contributed by atoms with Crippen molar-refractivity contribution in [1.29, 1.82) is 0 Å². The summed E-state index contributed by atoms with van der Waals surface area (Å²) in [6.07, 6.45) is 3.76. The van der Waals surface area contributed by atoms with E-state index in [0.29, 0.717) is 31.7 Å². The van der Waals surface area contributed by atoms with Gasteiger partial charge < -0.3 is 25.4 Å². The Bertz CT molecular complexity index is 1020. The zero-order valence-corrected chi connectivity index (χ0v) is 20.4. The molecule has 2 heterocycles. The van der Waals surface area contributed by atoms with Crippen molar-refractivity contribution in [3.05, 3.63) is 58.7 Å². The highest BCUT2D eigenvalue weighted by atomic mass is 32.2. The van der Waals surface area contributed by atoms with E-state index in [4.69, 9.17) is 10.5 Å². The minimum absolute atomic E-state index is 0.0437. The zero-order chi connectivity index (χ0) is 23.8. The Morgan fingerprint density at radius 1 is 1.18 bits per heavy atom. The molecule has 2 aromatic carbocycles. The smallest absolute Gasteiger partial charge is 0.488 e. The molecule has 1 amide bonds. The average Bonchev–Trinajstić information content (AvgIpc) is 3.19. The van der Waals surface area contributed by atoms with E-state index < -0.39 is 7.12 Å². The standard InChI is InChI=1S/C25H33BN2O4S/c1-16(20-6-5-19(26(30)31)13-21(20)17(2)33-3)24(29)28-10-8-25(9-11-28)15-32-23-7-4-18(14-27)12-22(23)25/h4-7,12-13,16-17,30-31H,8-11,14-15,27H2,1-3H3. The van der Waals surface area contributed by atoms with Crippen LogP contribution in [0.2, 0.25) is 0 Å². The molecule has 2 aliphatic heterocycles. The van der Waals surface area contributed by atoms with Crippen molar-refractivity contribution in [3.63, 3.8) is 0 Å². The van der Waals surface area contributed by atoms with Gasteiger partial charge in [-0.1, -0.05) is 30.3 Å². The van der Waals surface area contributed by atoms with E-state index in [-0.39, 0.29) is 22.5 Å². The van der Waals surface area contributed by atoms with Crippen molar-refractivity contribution >= 4 is 30.3 Å². The van der Waals surface area contributed by atoms with Gasteiger partial charge in [0, 0.05) is 35.9 Å². The molecule has 0 saturated carbocycles. The Morgan fingerprint density at radius 2 is 1.91 bits per heavy atom. The van der Waals surface area contributed by atoms with Crippen LogP contribution < -0.4 is 15.9 Å². The number of thioether (sulfide) groups is 1. The maximum absolute atomic E-state index is 13.5. The largest absolute Gasteiger partial charge is 0.492 e. The molecule has 176 valence electrons. The first kappa shape index (κ1) is 24.1. The van der Waals surface area contributed by atoms with Gasteiger partial charge in [0.05, 0.1) is 12.5 Å². The Hall–Kier alpha value is -2.00. The minimum Gasteiger partial charge on any atom is -0.492 e. The van der Waals surface area contributed by atoms with Gasteiger partial charge in [0.1, 0.15) is 5.75 Å². The molecule has 4 N–H and O–H groups in total. The van der Waals surface area contributed by atoms with Crippen LogP contribution in [0.15, 0.2) is 36.4 Å². The van der Waals surface area contributed by atoms with Gasteiger partial charge in [0.25, 0.3) is 0 Å². The maximum atomic E-state index is 13.5. The molecular formula is C25H33BN2O4S. The second kappa shape index (κ2) is 9.70. The first-order chi connectivity index (χ1) is 15.8. The molecule has 6 nitrogen and oxygen atoms in total. The summed E-state index contributed by atoms with van der Waals surface area (Å²) < 4.78 is 6.00. The van der Waals surface area contributed by atoms with Crippen LogP contribution in [0.1, 0.15) is 60.1 Å². The number of nitrogens with two attached hydrogens (primary N) is 1. The van der Waals surface area contributed by atoms with Gasteiger partial charge in [-0.15, -0.1) is 0 Å². The van der Waals surface area contributed by atoms with Gasteiger partial charge in [-0.25, -0.2) is 0 Å². The van der Waals surface area contributed by atoms with Crippen molar-refractivity contribution < 1.29 is 19.6 Å². The van der Waals surface area contributed by atoms with Gasteiger partial charge >= 0.3 is 7.12 Å². The maximum Gasteiger partial charge on any atom is 0.488 e. The molecule has 2 atom stereocenters. The first-order valence-corrected chi connectivity index (χ1v) is 12.9. The summed E-state index contributed by atoms with van der Waals surface area (Å²) in [5.41, 5.74) is 10.5. The van der Waals surface area contributed by atoms with Crippen molar-refractivity contribution in [3.8, 4) is 5.75 Å². The number of benzene rings is 2. The fraction of sp³-hybridized carbons (Fsp3) is 0.480. The molecule has 33 heavy (non-hydrogen) atoms. The highest BCUT2D eigenvalue weighted by Gasteiger charge is 2.44. The number of ether oxygens (including phenoxy) is 1. The molecule has 2 aromatic rings. The fourth-order valence-corrected chi connectivity index (χ4v) is 5.60. The molecule has 4 rings (SSSR count). The quantitative estimate of drug-likeness (QED) is 0.564. The van der Waals surface area contributed by atoms with Crippen molar-refractivity contribution in [2.75, 3.05) is 26.0 Å². The van der Waals surface area contributed by atoms with E-state index >= 15 is 0 Å². The van der Waals surface area contributed by atoms with Crippen LogP contribution in [-0.2, 0) is 16.8 Å². The second-order valence-corrected chi connectivity index (χ2v) is 10.5. The molecule has 8 heteroatoms. The molecule has 0 bridgehead atoms. The molecule has 2 unspecified atom stereocenters. The Morgan fingerprint density at radius 3 is 2.55 bits per heavy atom. The van der Waals surface area contributed by atoms with E-state index in [0.717, 1.165) is 35.3 Å². The molecule has 0 aromatic heterocycles. The Balaban J connectivity index is 1.51. The van der Waals surface area contributed by atoms with Gasteiger partial charge in [0.2, 0.25) is 5.91 Å². The van der Waals surface area contributed by atoms with E-state index in [1.54, 1.807) is 17.8 Å². The van der Waals surface area contributed by atoms with Gasteiger partial charge in [-0.3, -0.25) is 4.79 Å². The van der Waals surface area contributed by atoms with Crippen LogP contribution in [0.25, 0.3) is 0 Å². The normalized spacial score (nSPS) is 18.5. The van der Waals surface area contributed by atoms with Crippen LogP contribution in [0.5, 0.6) is 5.75 Å². The molecule has 1 spiro atoms. The molecule has 0 radical (unpaired) electrons. The summed E-state index contributed by atoms with van der Waals surface area (Å²) in [6, 6.07) is 11.6. The van der Waals surface area contributed by atoms with Crippen molar-refractivity contribution in [2.24, 2.45) is 5.73 Å². The van der Waals surface area contributed by atoms with Crippen molar-refractivity contribution in [2.45, 2.75) is 49.8 Å². The highest BCUT2D eigenvalue weighted by molar-refractivity contribution is 7.98. The van der Waals surface area contributed by atoms with Crippen LogP contribution in [0.4, 0.5) is 0 Å². The van der Waals surface area contributed by atoms with E-state index in [1.165, 1.54) is 5.56 Å². The van der Waals surface area contributed by atoms with Crippen LogP contribution in [0.3, 0.4) is 0 Å². The molecule has 2 aliphatic rings. The summed E-state index contributed by atoms with van der Waals surface area (Å²) in [4.78, 5) is 15.5. The topological polar surface area (TPSA) is 96.0 Å². The summed E-state index contributed by atoms with van der Waals surface area (Å²) in [5.74, 6) is 0.762. The van der Waals surface area contributed by atoms with Gasteiger partial charge in [0.15, 0.2) is 0 Å². The predicted molar refractivity (Wildman–Crippen MR) is 134 cm³/mol. The summed E-state index contributed by atoms with van der Waals surface area (Å²) in [7, 11) is -1.52. The zero-order valence-electron chi connectivity index (χ0n) is 19.6. The SMILES string of the molecule is CSC(C)c1cc(B(O)O)ccc1C(C)C(=O)N1CCC2(CC1)COc1ccc(CN)cc12. The number of rotatable bonds is 6. The molecule has 1 saturated heterocycles. The Kier molecular flexibility index (Phi) is 7.10. The van der Waals surface area contributed by atoms with E-state index in [1.807, 2.05) is 42.3 Å². The molecule has 1 fully saturated rings. The number of hydrogen-bond acceptors (Lipinski definition) is 6. The lowest BCUT2D eigenvalue weighted by atomic mass is 9.73. The fourth-order valence-electron chi connectivity index (χ4n) is 5.14. The van der Waals surface area contributed by atoms with Crippen LogP contribution in [0, 0.1) is 0 Å². The minimum atomic E-state index is -1.52. The summed E-state index contributed by atoms with van der Waals surface area (Å²) in [6.45, 7) is 6.59. The third-order valence-corrected chi connectivity index (χ3v) is 8.39. The van der Waals surface area contributed by atoms with Crippen molar-refractivity contribution in [1.82, 2.24) is 4.90 Å². The predicted octanol–water partition coefficient (Wildman–Crippen LogP) is 2.31. The lowest BCUT2D eigenvalue weighted by Gasteiger charge is -2.39. The summed E-state index contributed by atoms with van der Waals surface area (Å²) >= 11 is 1.68. The van der Waals surface area contributed by atoms with Gasteiger partial charge in [-0.05, 0) is 61.2 Å². The number of carbonyl (C=O) groups excluding carboxylic acids is 1. The monoisotopic (exact) mass is 468 g/mol. The summed E-state index contributed by atoms with van der Waals surface area (Å²) in [5, 5.41) is 19.4. The number of hydrogen-bond donors (Lipinski definition) is 3. The lowest BCUT2D eigenvalue weighted by Crippen LogP contribution is -2.47. The average molecular weight is 468 g/mol. The highest BCUT2D eigenvalue weighted by Crippen LogP contribution is 2.46. The molecule has 0 aliphatic carbocycles. The number of carbonyl (C=O) groups is 1. The van der Waals surface area contributed by atoms with Crippen LogP contribution in [-0.4, -0.2) is 53.9 Å². The second-order valence-electron chi connectivity index (χ2n) is 9.29.